The molecule has 5 rings (SSSR count). The summed E-state index contributed by atoms with van der Waals surface area (Å²) in [7, 11) is -1.17. The van der Waals surface area contributed by atoms with Crippen molar-refractivity contribution in [2.75, 3.05) is 6.61 Å². The number of nitrogens with zero attached hydrogens (tertiary/aromatic N) is 2. The van der Waals surface area contributed by atoms with Gasteiger partial charge in [-0.3, -0.25) is 4.79 Å². The van der Waals surface area contributed by atoms with Crippen LogP contribution in [0.15, 0.2) is 60.7 Å². The summed E-state index contributed by atoms with van der Waals surface area (Å²) < 4.78 is 19.9. The number of ketones is 1. The number of aromatic carboxylic acids is 1. The summed E-state index contributed by atoms with van der Waals surface area (Å²) in [5, 5.41) is 14.1. The van der Waals surface area contributed by atoms with E-state index in [2.05, 4.69) is 64.6 Å². The van der Waals surface area contributed by atoms with Gasteiger partial charge < -0.3 is 19.3 Å². The molecule has 256 valence electrons. The molecule has 0 bridgehead atoms. The van der Waals surface area contributed by atoms with E-state index in [1.165, 1.54) is 5.56 Å². The Balaban J connectivity index is 0.000000248. The smallest absolute Gasteiger partial charge is 0.356 e. The number of carbonyl (C=O) groups excluding carboxylic acids is 1. The third-order valence-corrected chi connectivity index (χ3v) is 11.0. The largest absolute Gasteiger partial charge is 0.476 e. The molecular formula is C38H54N2O6Si. The van der Waals surface area contributed by atoms with E-state index in [1.807, 2.05) is 48.5 Å². The minimum absolute atomic E-state index is 0.0237. The molecule has 0 aliphatic heterocycles. The highest BCUT2D eigenvalue weighted by atomic mass is 28.3. The van der Waals surface area contributed by atoms with Crippen LogP contribution >= 0.6 is 0 Å². The highest BCUT2D eigenvalue weighted by Gasteiger charge is 2.41. The average molecular weight is 663 g/mol. The van der Waals surface area contributed by atoms with E-state index in [0.29, 0.717) is 58.0 Å². The van der Waals surface area contributed by atoms with Crippen molar-refractivity contribution >= 4 is 19.8 Å². The molecule has 0 radical (unpaired) electrons. The van der Waals surface area contributed by atoms with Gasteiger partial charge in [0.05, 0.1) is 25.4 Å². The normalized spacial score (nSPS) is 20.2. The Morgan fingerprint density at radius 1 is 0.894 bits per heavy atom. The lowest BCUT2D eigenvalue weighted by atomic mass is 9.73. The molecule has 2 atom stereocenters. The minimum Gasteiger partial charge on any atom is -0.476 e. The van der Waals surface area contributed by atoms with Crippen molar-refractivity contribution in [1.82, 2.24) is 9.78 Å². The van der Waals surface area contributed by atoms with Gasteiger partial charge in [0.15, 0.2) is 5.69 Å². The van der Waals surface area contributed by atoms with E-state index in [0.717, 1.165) is 29.3 Å². The molecule has 2 aliphatic carbocycles. The van der Waals surface area contributed by atoms with Gasteiger partial charge in [-0.2, -0.15) is 5.10 Å². The van der Waals surface area contributed by atoms with Crippen LogP contribution in [0.1, 0.15) is 79.8 Å². The fraction of sp³-hybridized carbons (Fsp3) is 0.553. The monoisotopic (exact) mass is 662 g/mol. The highest BCUT2D eigenvalue weighted by molar-refractivity contribution is 6.76. The maximum atomic E-state index is 11.8. The van der Waals surface area contributed by atoms with Gasteiger partial charge in [-0.25, -0.2) is 9.48 Å². The zero-order valence-electron chi connectivity index (χ0n) is 29.4. The van der Waals surface area contributed by atoms with Gasteiger partial charge >= 0.3 is 5.97 Å². The summed E-state index contributed by atoms with van der Waals surface area (Å²) in [6.45, 7) is 17.7. The molecule has 1 heterocycles. The van der Waals surface area contributed by atoms with Crippen LogP contribution in [0.2, 0.25) is 25.7 Å². The first kappa shape index (κ1) is 36.7. The SMILES string of the molecule is CC1(C)CC(=O)CCC1OCc1ccccc1.CC1(C)Cc2c(c(C(=O)O)nn2COCC[Si](C)(C)C)CC1OCc1ccccc1. The van der Waals surface area contributed by atoms with E-state index in [-0.39, 0.29) is 28.7 Å². The third kappa shape index (κ3) is 10.7. The predicted octanol–water partition coefficient (Wildman–Crippen LogP) is 7.95. The summed E-state index contributed by atoms with van der Waals surface area (Å²) in [5.74, 6) is -0.622. The minimum atomic E-state index is -1.17. The van der Waals surface area contributed by atoms with Crippen LogP contribution in [0.4, 0.5) is 0 Å². The number of fused-ring (bicyclic) bond motifs is 1. The van der Waals surface area contributed by atoms with Crippen molar-refractivity contribution < 1.29 is 28.9 Å². The van der Waals surface area contributed by atoms with E-state index >= 15 is 0 Å². The molecule has 2 aromatic carbocycles. The summed E-state index contributed by atoms with van der Waals surface area (Å²) in [6, 6.07) is 21.3. The maximum absolute atomic E-state index is 11.8. The van der Waals surface area contributed by atoms with Crippen molar-refractivity contribution in [3.05, 3.63) is 88.7 Å². The van der Waals surface area contributed by atoms with Crippen molar-refractivity contribution in [1.29, 1.82) is 0 Å². The number of ether oxygens (including phenoxy) is 3. The Morgan fingerprint density at radius 2 is 1.45 bits per heavy atom. The zero-order chi connectivity index (χ0) is 34.2. The third-order valence-electron chi connectivity index (χ3n) is 9.26. The molecule has 1 fully saturated rings. The highest BCUT2D eigenvalue weighted by Crippen LogP contribution is 2.39. The number of rotatable bonds is 12. The summed E-state index contributed by atoms with van der Waals surface area (Å²) in [5.41, 5.74) is 4.03. The van der Waals surface area contributed by atoms with Crippen LogP contribution in [-0.4, -0.2) is 53.5 Å². The van der Waals surface area contributed by atoms with Gasteiger partial charge in [-0.1, -0.05) is 108 Å². The molecule has 1 aromatic heterocycles. The lowest BCUT2D eigenvalue weighted by molar-refractivity contribution is -0.132. The molecule has 8 nitrogen and oxygen atoms in total. The number of hydrogen-bond donors (Lipinski definition) is 1. The summed E-state index contributed by atoms with van der Waals surface area (Å²) in [4.78, 5) is 23.3. The summed E-state index contributed by atoms with van der Waals surface area (Å²) >= 11 is 0. The molecule has 2 aliphatic rings. The number of hydrogen-bond acceptors (Lipinski definition) is 6. The average Bonchev–Trinajstić information content (AvgIpc) is 3.34. The van der Waals surface area contributed by atoms with Crippen molar-refractivity contribution in [2.45, 2.75) is 118 Å². The Kier molecular flexibility index (Phi) is 12.4. The van der Waals surface area contributed by atoms with Crippen molar-refractivity contribution in [2.24, 2.45) is 10.8 Å². The van der Waals surface area contributed by atoms with Crippen LogP contribution in [0.3, 0.4) is 0 Å². The number of carbonyl (C=O) groups is 2. The Bertz CT molecular complexity index is 1460. The molecule has 47 heavy (non-hydrogen) atoms. The standard InChI is InChI=1S/C23H34N2O4Si.C15H20O2/c1-23(2)14-19-18(13-20(23)29-15-17-9-7-6-8-10-17)21(22(26)27)24-25(19)16-28-11-12-30(3,4)5;1-15(2)10-13(16)8-9-14(15)17-11-12-6-4-3-5-7-12/h6-10,20H,11-16H2,1-5H3,(H,26,27);3-7,14H,8-11H2,1-2H3. The van der Waals surface area contributed by atoms with Gasteiger partial charge in [0.2, 0.25) is 0 Å². The van der Waals surface area contributed by atoms with Crippen molar-refractivity contribution in [3.63, 3.8) is 0 Å². The number of Topliss-reactive ketones (excluding diaryl/α,β-unsaturated/α-hetero) is 1. The van der Waals surface area contributed by atoms with E-state index < -0.39 is 14.0 Å². The van der Waals surface area contributed by atoms with Gasteiger partial charge in [0.1, 0.15) is 12.5 Å². The van der Waals surface area contributed by atoms with Crippen LogP contribution < -0.4 is 0 Å². The van der Waals surface area contributed by atoms with Crippen molar-refractivity contribution in [3.8, 4) is 0 Å². The molecule has 0 spiro atoms. The first-order valence-electron chi connectivity index (χ1n) is 16.9. The number of carboxylic acid groups (broad SMARTS) is 1. The van der Waals surface area contributed by atoms with E-state index in [9.17, 15) is 14.7 Å². The Labute approximate surface area is 281 Å². The molecule has 1 saturated carbocycles. The zero-order valence-corrected chi connectivity index (χ0v) is 30.4. The topological polar surface area (TPSA) is 99.9 Å². The predicted molar refractivity (Wildman–Crippen MR) is 187 cm³/mol. The summed E-state index contributed by atoms with van der Waals surface area (Å²) in [6.07, 6.45) is 3.55. The molecule has 0 amide bonds. The second-order valence-corrected chi connectivity index (χ2v) is 21.2. The Morgan fingerprint density at radius 3 is 1.98 bits per heavy atom. The molecular weight excluding hydrogens is 609 g/mol. The number of aromatic nitrogens is 2. The molecule has 2 unspecified atom stereocenters. The van der Waals surface area contributed by atoms with Crippen LogP contribution in [0, 0.1) is 10.8 Å². The lowest BCUT2D eigenvalue weighted by Gasteiger charge is -2.38. The number of carboxylic acids is 1. The van der Waals surface area contributed by atoms with Gasteiger partial charge in [-0.15, -0.1) is 0 Å². The Hall–Kier alpha value is -3.11. The van der Waals surface area contributed by atoms with Crippen LogP contribution in [0.25, 0.3) is 0 Å². The van der Waals surface area contributed by atoms with E-state index in [4.69, 9.17) is 14.2 Å². The van der Waals surface area contributed by atoms with E-state index in [1.54, 1.807) is 4.68 Å². The second-order valence-electron chi connectivity index (χ2n) is 15.6. The fourth-order valence-electron chi connectivity index (χ4n) is 6.29. The van der Waals surface area contributed by atoms with Crippen LogP contribution in [0.5, 0.6) is 0 Å². The molecule has 1 N–H and O–H groups in total. The van der Waals surface area contributed by atoms with Gasteiger partial charge in [0, 0.05) is 45.2 Å². The maximum Gasteiger partial charge on any atom is 0.356 e. The first-order valence-corrected chi connectivity index (χ1v) is 20.6. The molecule has 0 saturated heterocycles. The lowest BCUT2D eigenvalue weighted by Crippen LogP contribution is -2.40. The quantitative estimate of drug-likeness (QED) is 0.155. The molecule has 3 aromatic rings. The number of benzene rings is 2. The molecule has 9 heteroatoms. The van der Waals surface area contributed by atoms with Gasteiger partial charge in [0.25, 0.3) is 0 Å². The van der Waals surface area contributed by atoms with Gasteiger partial charge in [-0.05, 0) is 40.8 Å². The second kappa shape index (κ2) is 15.9. The fourth-order valence-corrected chi connectivity index (χ4v) is 7.05. The first-order chi connectivity index (χ1) is 22.1. The van der Waals surface area contributed by atoms with Crippen LogP contribution in [-0.2, 0) is 51.8 Å².